The first-order valence-electron chi connectivity index (χ1n) is 6.79. The van der Waals surface area contributed by atoms with Gasteiger partial charge in [-0.25, -0.2) is 0 Å². The van der Waals surface area contributed by atoms with Crippen LogP contribution < -0.4 is 5.73 Å². The lowest BCUT2D eigenvalue weighted by Crippen LogP contribution is -2.04. The fourth-order valence-corrected chi connectivity index (χ4v) is 3.19. The van der Waals surface area contributed by atoms with Crippen LogP contribution in [0.2, 0.25) is 5.02 Å². The summed E-state index contributed by atoms with van der Waals surface area (Å²) in [6.07, 6.45) is 2.08. The fourth-order valence-electron chi connectivity index (χ4n) is 2.97. The van der Waals surface area contributed by atoms with Crippen molar-refractivity contribution in [1.82, 2.24) is 0 Å². The quantitative estimate of drug-likeness (QED) is 0.703. The molecule has 0 amide bonds. The number of hydrogen-bond acceptors (Lipinski definition) is 2. The number of fused-ring (bicyclic) bond motifs is 2. The van der Waals surface area contributed by atoms with Gasteiger partial charge in [-0.3, -0.25) is 0 Å². The van der Waals surface area contributed by atoms with E-state index in [-0.39, 0.29) is 6.04 Å². The molecule has 0 bridgehead atoms. The highest BCUT2D eigenvalue weighted by Crippen LogP contribution is 2.36. The molecule has 1 atom stereocenters. The zero-order chi connectivity index (χ0) is 13.7. The van der Waals surface area contributed by atoms with E-state index in [0.717, 1.165) is 35.1 Å². The molecule has 4 rings (SSSR count). The maximum Gasteiger partial charge on any atom is 0.153 e. The Balaban J connectivity index is 1.85. The van der Waals surface area contributed by atoms with Gasteiger partial charge in [-0.05, 0) is 42.2 Å². The van der Waals surface area contributed by atoms with Crippen molar-refractivity contribution < 1.29 is 4.42 Å². The van der Waals surface area contributed by atoms with E-state index in [4.69, 9.17) is 21.8 Å². The van der Waals surface area contributed by atoms with Crippen LogP contribution >= 0.6 is 11.6 Å². The zero-order valence-corrected chi connectivity index (χ0v) is 11.7. The van der Waals surface area contributed by atoms with Gasteiger partial charge in [-0.2, -0.15) is 0 Å². The molecule has 1 unspecified atom stereocenters. The predicted octanol–water partition coefficient (Wildman–Crippen LogP) is 4.70. The van der Waals surface area contributed by atoms with E-state index in [1.165, 1.54) is 11.1 Å². The predicted molar refractivity (Wildman–Crippen MR) is 81.9 cm³/mol. The first kappa shape index (κ1) is 12.0. The molecule has 1 heterocycles. The topological polar surface area (TPSA) is 39.2 Å². The van der Waals surface area contributed by atoms with Gasteiger partial charge < -0.3 is 10.2 Å². The number of rotatable bonds is 1. The number of hydrogen-bond donors (Lipinski definition) is 1. The molecule has 0 saturated carbocycles. The number of nitrogens with two attached hydrogens (primary N) is 1. The van der Waals surface area contributed by atoms with Crippen molar-refractivity contribution in [2.24, 2.45) is 5.73 Å². The third kappa shape index (κ3) is 1.76. The monoisotopic (exact) mass is 283 g/mol. The molecule has 1 aliphatic rings. The van der Waals surface area contributed by atoms with Crippen LogP contribution in [-0.2, 0) is 6.42 Å². The molecule has 0 fully saturated rings. The lowest BCUT2D eigenvalue weighted by Gasteiger charge is -2.05. The molecule has 0 aliphatic heterocycles. The van der Waals surface area contributed by atoms with Crippen LogP contribution in [0.4, 0.5) is 0 Å². The average Bonchev–Trinajstić information content (AvgIpc) is 3.04. The van der Waals surface area contributed by atoms with Crippen LogP contribution in [0.1, 0.15) is 23.6 Å². The summed E-state index contributed by atoms with van der Waals surface area (Å²) in [6.45, 7) is 0. The summed E-state index contributed by atoms with van der Waals surface area (Å²) in [5, 5.41) is 1.68. The Morgan fingerprint density at radius 3 is 2.90 bits per heavy atom. The Hall–Kier alpha value is -1.77. The molecule has 20 heavy (non-hydrogen) atoms. The van der Waals surface area contributed by atoms with Crippen molar-refractivity contribution in [3.8, 4) is 11.3 Å². The molecule has 2 nitrogen and oxygen atoms in total. The van der Waals surface area contributed by atoms with E-state index in [1.54, 1.807) is 0 Å². The highest BCUT2D eigenvalue weighted by atomic mass is 35.5. The number of furan rings is 1. The van der Waals surface area contributed by atoms with E-state index in [9.17, 15) is 0 Å². The molecule has 1 aromatic heterocycles. The Morgan fingerprint density at radius 2 is 2.05 bits per heavy atom. The Kier molecular flexibility index (Phi) is 2.62. The van der Waals surface area contributed by atoms with Gasteiger partial charge in [-0.15, -0.1) is 0 Å². The van der Waals surface area contributed by atoms with Gasteiger partial charge >= 0.3 is 0 Å². The summed E-state index contributed by atoms with van der Waals surface area (Å²) in [7, 11) is 0. The van der Waals surface area contributed by atoms with Crippen LogP contribution in [0.5, 0.6) is 0 Å². The van der Waals surface area contributed by atoms with E-state index >= 15 is 0 Å². The van der Waals surface area contributed by atoms with Gasteiger partial charge in [0.1, 0.15) is 5.76 Å². The first-order chi connectivity index (χ1) is 9.72. The number of para-hydroxylation sites is 1. The normalized spacial score (nSPS) is 17.6. The van der Waals surface area contributed by atoms with Crippen molar-refractivity contribution in [3.05, 3.63) is 58.6 Å². The fraction of sp³-hybridized carbons (Fsp3) is 0.176. The van der Waals surface area contributed by atoms with Crippen molar-refractivity contribution in [2.45, 2.75) is 18.9 Å². The zero-order valence-electron chi connectivity index (χ0n) is 10.9. The van der Waals surface area contributed by atoms with Gasteiger partial charge in [0.25, 0.3) is 0 Å². The molecule has 1 aliphatic carbocycles. The summed E-state index contributed by atoms with van der Waals surface area (Å²) in [5.41, 5.74) is 10.5. The Bertz CT molecular complexity index is 806. The van der Waals surface area contributed by atoms with Crippen molar-refractivity contribution >= 4 is 22.6 Å². The molecule has 0 radical (unpaired) electrons. The molecule has 3 aromatic rings. The largest absolute Gasteiger partial charge is 0.455 e. The highest BCUT2D eigenvalue weighted by molar-refractivity contribution is 6.34. The van der Waals surface area contributed by atoms with Crippen LogP contribution in [0, 0.1) is 0 Å². The summed E-state index contributed by atoms with van der Waals surface area (Å²) < 4.78 is 5.91. The van der Waals surface area contributed by atoms with E-state index < -0.39 is 0 Å². The van der Waals surface area contributed by atoms with Gasteiger partial charge in [0.05, 0.1) is 5.02 Å². The Morgan fingerprint density at radius 1 is 1.15 bits per heavy atom. The third-order valence-corrected chi connectivity index (χ3v) is 4.35. The number of benzene rings is 2. The molecule has 3 heteroatoms. The second-order valence-electron chi connectivity index (χ2n) is 5.33. The molecule has 2 aromatic carbocycles. The second-order valence-corrected chi connectivity index (χ2v) is 5.73. The van der Waals surface area contributed by atoms with Gasteiger partial charge in [0.2, 0.25) is 0 Å². The number of halogens is 1. The molecule has 0 spiro atoms. The molecule has 100 valence electrons. The van der Waals surface area contributed by atoms with Crippen LogP contribution in [0.15, 0.2) is 46.9 Å². The van der Waals surface area contributed by atoms with Crippen LogP contribution in [0.3, 0.4) is 0 Å². The average molecular weight is 284 g/mol. The maximum absolute atomic E-state index is 6.16. The Labute approximate surface area is 122 Å². The summed E-state index contributed by atoms with van der Waals surface area (Å²) in [5.74, 6) is 0.858. The molecular weight excluding hydrogens is 270 g/mol. The summed E-state index contributed by atoms with van der Waals surface area (Å²) in [6, 6.07) is 14.4. The number of aryl methyl sites for hydroxylation is 1. The lowest BCUT2D eigenvalue weighted by molar-refractivity contribution is 0.631. The van der Waals surface area contributed by atoms with E-state index in [0.29, 0.717) is 5.02 Å². The minimum absolute atomic E-state index is 0.184. The van der Waals surface area contributed by atoms with Crippen molar-refractivity contribution in [3.63, 3.8) is 0 Å². The molecule has 0 saturated heterocycles. The first-order valence-corrected chi connectivity index (χ1v) is 7.17. The highest BCUT2D eigenvalue weighted by Gasteiger charge is 2.20. The minimum atomic E-state index is 0.184. The third-order valence-electron chi connectivity index (χ3n) is 4.05. The SMILES string of the molecule is NC1CCc2cc(-c3cc4cccc(Cl)c4o3)ccc21. The standard InChI is InChI=1S/C17H14ClNO/c18-14-3-1-2-12-9-16(20-17(12)14)11-4-6-13-10(8-11)5-7-15(13)19/h1-4,6,8-9,15H,5,7,19H2. The smallest absolute Gasteiger partial charge is 0.153 e. The second kappa shape index (κ2) is 4.37. The summed E-state index contributed by atoms with van der Waals surface area (Å²) >= 11 is 6.16. The van der Waals surface area contributed by atoms with Crippen molar-refractivity contribution in [2.75, 3.05) is 0 Å². The van der Waals surface area contributed by atoms with Gasteiger partial charge in [0.15, 0.2) is 5.58 Å². The van der Waals surface area contributed by atoms with Crippen molar-refractivity contribution in [1.29, 1.82) is 0 Å². The molecular formula is C17H14ClNO. The maximum atomic E-state index is 6.16. The van der Waals surface area contributed by atoms with E-state index in [2.05, 4.69) is 18.2 Å². The summed E-state index contributed by atoms with van der Waals surface area (Å²) in [4.78, 5) is 0. The van der Waals surface area contributed by atoms with E-state index in [1.807, 2.05) is 24.3 Å². The van der Waals surface area contributed by atoms with Crippen LogP contribution in [0.25, 0.3) is 22.3 Å². The van der Waals surface area contributed by atoms with Crippen LogP contribution in [-0.4, -0.2) is 0 Å². The van der Waals surface area contributed by atoms with Gasteiger partial charge in [-0.1, -0.05) is 35.9 Å². The minimum Gasteiger partial charge on any atom is -0.455 e. The lowest BCUT2D eigenvalue weighted by atomic mass is 10.0. The molecule has 2 N–H and O–H groups in total. The van der Waals surface area contributed by atoms with Gasteiger partial charge in [0, 0.05) is 17.0 Å².